The summed E-state index contributed by atoms with van der Waals surface area (Å²) in [6, 6.07) is 0. The first-order chi connectivity index (χ1) is 12.5. The number of nitrogens with zero attached hydrogens (tertiary/aromatic N) is 1. The molecule has 0 rings (SSSR count). The molecule has 0 aliphatic carbocycles. The normalized spacial score (nSPS) is 14.8. The lowest BCUT2D eigenvalue weighted by Gasteiger charge is -2.32. The molecule has 0 saturated carbocycles. The molecule has 0 heterocycles. The number of carbonyl (C=O) groups excluding carboxylic acids is 1. The predicted molar refractivity (Wildman–Crippen MR) is 104 cm³/mol. The molecule has 0 unspecified atom stereocenters. The molecule has 3 atom stereocenters. The second kappa shape index (κ2) is 16.5. The van der Waals surface area contributed by atoms with Gasteiger partial charge >= 0.3 is 0 Å². The molecule has 6 nitrogen and oxygen atoms in total. The second-order valence-corrected chi connectivity index (χ2v) is 6.76. The Balaban J connectivity index is 5.09. The van der Waals surface area contributed by atoms with E-state index in [1.807, 2.05) is 0 Å². The molecule has 1 amide bonds. The summed E-state index contributed by atoms with van der Waals surface area (Å²) in [5.74, 6) is -0.171. The van der Waals surface area contributed by atoms with Crippen molar-refractivity contribution in [3.8, 4) is 0 Å². The molecule has 0 fully saturated rings. The Bertz CT molecular complexity index is 340. The highest BCUT2D eigenvalue weighted by Gasteiger charge is 2.36. The van der Waals surface area contributed by atoms with Gasteiger partial charge in [-0.25, -0.2) is 5.06 Å². The Morgan fingerprint density at radius 1 is 0.923 bits per heavy atom. The van der Waals surface area contributed by atoms with Crippen LogP contribution in [0.4, 0.5) is 0 Å². The van der Waals surface area contributed by atoms with E-state index in [1.165, 1.54) is 12.2 Å². The molecule has 0 saturated heterocycles. The van der Waals surface area contributed by atoms with Crippen molar-refractivity contribution in [1.29, 1.82) is 0 Å². The fourth-order valence-electron chi connectivity index (χ4n) is 2.45. The molecular weight excluding hydrogens is 334 g/mol. The number of hydrogen-bond acceptors (Lipinski definition) is 5. The monoisotopic (exact) mass is 375 g/mol. The van der Waals surface area contributed by atoms with Gasteiger partial charge in [0.05, 0.1) is 19.8 Å². The van der Waals surface area contributed by atoms with Gasteiger partial charge in [0.1, 0.15) is 0 Å². The van der Waals surface area contributed by atoms with Crippen LogP contribution >= 0.6 is 0 Å². The third kappa shape index (κ3) is 10.5. The number of carbonyl (C=O) groups is 1. The number of ether oxygens (including phenoxy) is 3. The van der Waals surface area contributed by atoms with Crippen LogP contribution in [0, 0.1) is 5.92 Å². The van der Waals surface area contributed by atoms with Crippen LogP contribution in [0.2, 0.25) is 0 Å². The van der Waals surface area contributed by atoms with Gasteiger partial charge in [0.25, 0.3) is 5.91 Å². The summed E-state index contributed by atoms with van der Waals surface area (Å²) in [4.78, 5) is 17.9. The Hall–Kier alpha value is -0.690. The summed E-state index contributed by atoms with van der Waals surface area (Å²) in [5, 5.41) is 1.22. The van der Waals surface area contributed by atoms with Gasteiger partial charge < -0.3 is 14.2 Å². The van der Waals surface area contributed by atoms with E-state index in [-0.39, 0.29) is 17.9 Å². The van der Waals surface area contributed by atoms with Crippen LogP contribution in [0.5, 0.6) is 0 Å². The maximum Gasteiger partial charge on any atom is 0.277 e. The largest absolute Gasteiger partial charge is 0.381 e. The zero-order valence-corrected chi connectivity index (χ0v) is 17.8. The molecule has 0 aliphatic heterocycles. The summed E-state index contributed by atoms with van der Waals surface area (Å²) < 4.78 is 17.8. The van der Waals surface area contributed by atoms with Crippen LogP contribution in [0.15, 0.2) is 0 Å². The van der Waals surface area contributed by atoms with Crippen LogP contribution in [0.3, 0.4) is 0 Å². The van der Waals surface area contributed by atoms with E-state index >= 15 is 0 Å². The number of hydroxylamine groups is 2. The van der Waals surface area contributed by atoms with Crippen molar-refractivity contribution in [1.82, 2.24) is 5.06 Å². The van der Waals surface area contributed by atoms with Gasteiger partial charge in [-0.1, -0.05) is 47.0 Å². The van der Waals surface area contributed by atoms with E-state index < -0.39 is 6.10 Å². The maximum atomic E-state index is 12.8. The first kappa shape index (κ1) is 25.3. The molecule has 156 valence electrons. The lowest BCUT2D eigenvalue weighted by atomic mass is 9.99. The molecular formula is C20H41NO5. The number of hydrogen-bond donors (Lipinski definition) is 0. The Labute approximate surface area is 160 Å². The van der Waals surface area contributed by atoms with Crippen LogP contribution < -0.4 is 0 Å². The third-order valence-corrected chi connectivity index (χ3v) is 4.31. The standard InChI is InChI=1S/C20H41NO5/c1-7-10-13-24-16-17(4)18(25-14-11-8-2)19(26-15-12-9-3)20(22)21(5)23-6/h17-19H,7-16H2,1-6H3/t17-,18-,19-/m1/s1. The van der Waals surface area contributed by atoms with Crippen LogP contribution in [0.1, 0.15) is 66.2 Å². The van der Waals surface area contributed by atoms with Gasteiger partial charge in [-0.3, -0.25) is 9.63 Å². The van der Waals surface area contributed by atoms with Crippen molar-refractivity contribution >= 4 is 5.91 Å². The van der Waals surface area contributed by atoms with Crippen molar-refractivity contribution in [2.24, 2.45) is 5.92 Å². The molecule has 26 heavy (non-hydrogen) atoms. The second-order valence-electron chi connectivity index (χ2n) is 6.76. The molecule has 0 radical (unpaired) electrons. The Morgan fingerprint density at radius 2 is 1.46 bits per heavy atom. The Morgan fingerprint density at radius 3 is 2.00 bits per heavy atom. The molecule has 0 aromatic carbocycles. The summed E-state index contributed by atoms with van der Waals surface area (Å²) in [7, 11) is 3.08. The van der Waals surface area contributed by atoms with Gasteiger partial charge in [0.2, 0.25) is 0 Å². The van der Waals surface area contributed by atoms with Gasteiger partial charge in [-0.15, -0.1) is 0 Å². The van der Waals surface area contributed by atoms with E-state index in [9.17, 15) is 4.79 Å². The summed E-state index contributed by atoms with van der Waals surface area (Å²) in [5.41, 5.74) is 0. The molecule has 0 spiro atoms. The fraction of sp³-hybridized carbons (Fsp3) is 0.950. The first-order valence-electron chi connectivity index (χ1n) is 10.2. The highest BCUT2D eigenvalue weighted by atomic mass is 16.7. The number of rotatable bonds is 17. The van der Waals surface area contributed by atoms with E-state index in [0.29, 0.717) is 19.8 Å². The molecule has 0 N–H and O–H groups in total. The van der Waals surface area contributed by atoms with E-state index in [1.54, 1.807) is 7.05 Å². The van der Waals surface area contributed by atoms with Crippen molar-refractivity contribution in [3.63, 3.8) is 0 Å². The maximum absolute atomic E-state index is 12.8. The average Bonchev–Trinajstić information content (AvgIpc) is 2.65. The van der Waals surface area contributed by atoms with E-state index in [4.69, 9.17) is 19.0 Å². The van der Waals surface area contributed by atoms with Crippen molar-refractivity contribution in [2.75, 3.05) is 40.6 Å². The molecule has 0 aromatic heterocycles. The summed E-state index contributed by atoms with van der Waals surface area (Å²) in [6.07, 6.45) is 5.01. The van der Waals surface area contributed by atoms with Crippen LogP contribution in [-0.2, 0) is 23.8 Å². The van der Waals surface area contributed by atoms with E-state index in [2.05, 4.69) is 27.7 Å². The highest BCUT2D eigenvalue weighted by molar-refractivity contribution is 5.80. The minimum Gasteiger partial charge on any atom is -0.381 e. The zero-order valence-electron chi connectivity index (χ0n) is 17.8. The van der Waals surface area contributed by atoms with Crippen molar-refractivity contribution < 1.29 is 23.8 Å². The van der Waals surface area contributed by atoms with Gasteiger partial charge in [-0.2, -0.15) is 0 Å². The van der Waals surface area contributed by atoms with Crippen LogP contribution in [-0.4, -0.2) is 63.8 Å². The van der Waals surface area contributed by atoms with E-state index in [0.717, 1.165) is 45.1 Å². The third-order valence-electron chi connectivity index (χ3n) is 4.31. The number of likely N-dealkylation sites (N-methyl/N-ethyl adjacent to an activating group) is 1. The lowest BCUT2D eigenvalue weighted by Crippen LogP contribution is -2.49. The number of amides is 1. The molecule has 0 aliphatic rings. The predicted octanol–water partition coefficient (Wildman–Crippen LogP) is 3.83. The SMILES string of the molecule is CCCCOC[C@@H](C)[C@@H](OCCCC)[C@@H](OCCCC)C(=O)N(C)OC. The quantitative estimate of drug-likeness (QED) is 0.286. The lowest BCUT2D eigenvalue weighted by molar-refractivity contribution is -0.194. The minimum absolute atomic E-state index is 0.0459. The highest BCUT2D eigenvalue weighted by Crippen LogP contribution is 2.19. The average molecular weight is 376 g/mol. The topological polar surface area (TPSA) is 57.2 Å². The van der Waals surface area contributed by atoms with Gasteiger partial charge in [0.15, 0.2) is 6.10 Å². The first-order valence-corrected chi connectivity index (χ1v) is 10.2. The summed E-state index contributed by atoms with van der Waals surface area (Å²) in [6.45, 7) is 10.8. The molecule has 0 aromatic rings. The Kier molecular flexibility index (Phi) is 16.0. The van der Waals surface area contributed by atoms with Gasteiger partial charge in [0, 0.05) is 32.8 Å². The minimum atomic E-state index is -0.687. The van der Waals surface area contributed by atoms with Gasteiger partial charge in [-0.05, 0) is 19.3 Å². The molecule has 6 heteroatoms. The molecule has 0 bridgehead atoms. The van der Waals surface area contributed by atoms with Crippen molar-refractivity contribution in [3.05, 3.63) is 0 Å². The number of unbranched alkanes of at least 4 members (excludes halogenated alkanes) is 3. The zero-order chi connectivity index (χ0) is 19.8. The van der Waals surface area contributed by atoms with Crippen LogP contribution in [0.25, 0.3) is 0 Å². The smallest absolute Gasteiger partial charge is 0.277 e. The fourth-order valence-corrected chi connectivity index (χ4v) is 2.45. The van der Waals surface area contributed by atoms with Crippen molar-refractivity contribution in [2.45, 2.75) is 78.4 Å². The summed E-state index contributed by atoms with van der Waals surface area (Å²) >= 11 is 0.